The van der Waals surface area contributed by atoms with Crippen molar-refractivity contribution < 1.29 is 198 Å². The van der Waals surface area contributed by atoms with Gasteiger partial charge in [0.15, 0.2) is 5.25 Å². The van der Waals surface area contributed by atoms with Crippen LogP contribution in [0.2, 0.25) is 0 Å². The molecule has 0 fully saturated rings. The number of ether oxygens (including phenoxy) is 2. The molecule has 0 saturated carbocycles. The van der Waals surface area contributed by atoms with E-state index in [1.165, 1.54) is 0 Å². The maximum atomic E-state index is 13.8. The maximum absolute atomic E-state index is 13.8. The van der Waals surface area contributed by atoms with Crippen LogP contribution in [-0.2, 0) is 29.2 Å². The second kappa shape index (κ2) is 16.4. The largest absolute Gasteiger partial charge is 1.00 e. The SMILES string of the molecule is O=C(CC(C(=O)OCCC(F)(F)C(F)(F)C(F)(F)C(F)(F)C(F)(F)C(F)(F)F)S(=O)(=O)[O-])OCCC(F)(F)C(F)(F)C(F)(F)C(F)(F)C(F)(F)C(F)(F)F.[K+]. The first kappa shape index (κ1) is 55.8. The molecule has 1 atom stereocenters. The minimum Gasteiger partial charge on any atom is -0.747 e. The Morgan fingerprint density at radius 1 is 0.455 bits per heavy atom. The third kappa shape index (κ3) is 9.93. The Kier molecular flexibility index (Phi) is 16.6. The summed E-state index contributed by atoms with van der Waals surface area (Å²) in [5, 5.41) is -3.84. The number of rotatable bonds is 18. The zero-order valence-corrected chi connectivity index (χ0v) is 29.1. The van der Waals surface area contributed by atoms with Crippen LogP contribution in [0.3, 0.4) is 0 Å². The molecule has 0 radical (unpaired) electrons. The van der Waals surface area contributed by atoms with Gasteiger partial charge in [0.1, 0.15) is 10.1 Å². The molecule has 322 valence electrons. The predicted molar refractivity (Wildman–Crippen MR) is 111 cm³/mol. The average Bonchev–Trinajstić information content (AvgIpc) is 2.92. The Morgan fingerprint density at radius 2 is 0.709 bits per heavy atom. The van der Waals surface area contributed by atoms with E-state index < -0.39 is 131 Å². The van der Waals surface area contributed by atoms with E-state index in [1.807, 2.05) is 0 Å². The van der Waals surface area contributed by atoms with Gasteiger partial charge in [-0.1, -0.05) is 0 Å². The minimum atomic E-state index is -8.38. The van der Waals surface area contributed by atoms with Crippen LogP contribution in [-0.4, -0.2) is 115 Å². The molecule has 0 N–H and O–H groups in total. The van der Waals surface area contributed by atoms with Crippen LogP contribution in [0, 0.1) is 0 Å². The predicted octanol–water partition coefficient (Wildman–Crippen LogP) is 4.64. The van der Waals surface area contributed by atoms with Crippen molar-refractivity contribution in [3.8, 4) is 0 Å². The summed E-state index contributed by atoms with van der Waals surface area (Å²) >= 11 is 0. The van der Waals surface area contributed by atoms with Crippen LogP contribution in [0.5, 0.6) is 0 Å². The molecule has 0 spiro atoms. The molecule has 0 aromatic heterocycles. The fraction of sp³-hybridized carbons (Fsp3) is 0.900. The molecule has 0 saturated heterocycles. The summed E-state index contributed by atoms with van der Waals surface area (Å²) in [5.41, 5.74) is 0. The molecule has 0 amide bonds. The van der Waals surface area contributed by atoms with Crippen molar-refractivity contribution in [2.75, 3.05) is 13.2 Å². The van der Waals surface area contributed by atoms with Crippen molar-refractivity contribution in [3.05, 3.63) is 0 Å². The number of hydrogen-bond acceptors (Lipinski definition) is 7. The van der Waals surface area contributed by atoms with E-state index >= 15 is 0 Å². The van der Waals surface area contributed by atoms with E-state index in [4.69, 9.17) is 0 Å². The van der Waals surface area contributed by atoms with Gasteiger partial charge in [-0.3, -0.25) is 9.59 Å². The van der Waals surface area contributed by atoms with Crippen molar-refractivity contribution in [3.63, 3.8) is 0 Å². The van der Waals surface area contributed by atoms with Crippen LogP contribution >= 0.6 is 0 Å². The zero-order chi connectivity index (χ0) is 44.2. The Balaban J connectivity index is 0. The molecule has 0 rings (SSSR count). The molecule has 0 heterocycles. The van der Waals surface area contributed by atoms with Crippen LogP contribution in [0.15, 0.2) is 0 Å². The molecule has 0 aliphatic carbocycles. The topological polar surface area (TPSA) is 110 Å². The Hall–Kier alpha value is -1.33. The van der Waals surface area contributed by atoms with E-state index in [2.05, 4.69) is 9.47 Å². The van der Waals surface area contributed by atoms with Gasteiger partial charge in [-0.15, -0.1) is 0 Å². The summed E-state index contributed by atoms with van der Waals surface area (Å²) in [6, 6.07) is 0. The van der Waals surface area contributed by atoms with Gasteiger partial charge in [0, 0.05) is 0 Å². The van der Waals surface area contributed by atoms with Gasteiger partial charge in [0.25, 0.3) is 0 Å². The van der Waals surface area contributed by atoms with Crippen LogP contribution < -0.4 is 51.4 Å². The average molecular weight is 928 g/mol. The molecular weight excluding hydrogens is 917 g/mol. The Morgan fingerprint density at radius 3 is 0.964 bits per heavy atom. The fourth-order valence-electron chi connectivity index (χ4n) is 3.10. The van der Waals surface area contributed by atoms with Gasteiger partial charge >= 0.3 is 135 Å². The second-order valence-electron chi connectivity index (χ2n) is 10.1. The number of esters is 2. The third-order valence-electron chi connectivity index (χ3n) is 6.30. The first-order valence-electron chi connectivity index (χ1n) is 12.3. The molecule has 55 heavy (non-hydrogen) atoms. The minimum absolute atomic E-state index is 0. The van der Waals surface area contributed by atoms with Crippen LogP contribution in [0.25, 0.3) is 0 Å². The van der Waals surface area contributed by atoms with E-state index in [9.17, 15) is 137 Å². The van der Waals surface area contributed by atoms with E-state index in [0.29, 0.717) is 0 Å². The maximum Gasteiger partial charge on any atom is 1.00 e. The summed E-state index contributed by atoms with van der Waals surface area (Å²) < 4.78 is 380. The van der Waals surface area contributed by atoms with Gasteiger partial charge in [-0.05, 0) is 0 Å². The van der Waals surface area contributed by atoms with Crippen molar-refractivity contribution in [2.45, 2.75) is 96.1 Å². The molecule has 35 heteroatoms. The summed E-state index contributed by atoms with van der Waals surface area (Å²) in [6.07, 6.45) is -24.8. The summed E-state index contributed by atoms with van der Waals surface area (Å²) in [5.74, 6) is -85.1. The van der Waals surface area contributed by atoms with Gasteiger partial charge < -0.3 is 14.0 Å². The quantitative estimate of drug-likeness (QED) is 0.0854. The Labute approximate surface area is 327 Å². The molecule has 7 nitrogen and oxygen atoms in total. The van der Waals surface area contributed by atoms with Gasteiger partial charge in [-0.25, -0.2) is 8.42 Å². The molecule has 1 unspecified atom stereocenters. The third-order valence-corrected chi connectivity index (χ3v) is 7.36. The van der Waals surface area contributed by atoms with Crippen molar-refractivity contribution in [2.24, 2.45) is 0 Å². The molecular formula is C20H11F26KO7S. The smallest absolute Gasteiger partial charge is 0.747 e. The second-order valence-corrected chi connectivity index (χ2v) is 11.6. The van der Waals surface area contributed by atoms with Gasteiger partial charge in [0.2, 0.25) is 0 Å². The van der Waals surface area contributed by atoms with Crippen LogP contribution in [0.1, 0.15) is 19.3 Å². The first-order chi connectivity index (χ1) is 23.1. The standard InChI is InChI=1S/C20H12F26O7S.K/c21-9(22,11(25,26)13(29,30)15(33,34)17(37,38)19(41,42)43)1-3-52-7(47)5-6(54(49,50)51)8(48)53-4-2-10(23,24)12(27,28)14(31,32)16(35,36)18(39,40)20(44,45)46;/h6H,1-5H2,(H,49,50,51);/q;+1/p-1. The molecule has 0 aromatic rings. The molecule has 0 aliphatic heterocycles. The number of carbonyl (C=O) groups is 2. The summed E-state index contributed by atoms with van der Waals surface area (Å²) in [4.78, 5) is 23.3. The Bertz CT molecular complexity index is 1470. The normalized spacial score (nSPS) is 16.0. The number of carbonyl (C=O) groups excluding carboxylic acids is 2. The molecule has 0 aliphatic rings. The fourth-order valence-corrected chi connectivity index (χ4v) is 3.74. The summed E-state index contributed by atoms with van der Waals surface area (Å²) in [7, 11) is -6.55. The van der Waals surface area contributed by atoms with E-state index in [-0.39, 0.29) is 51.4 Å². The van der Waals surface area contributed by atoms with Crippen molar-refractivity contribution in [1.82, 2.24) is 0 Å². The van der Waals surface area contributed by atoms with E-state index in [1.54, 1.807) is 0 Å². The van der Waals surface area contributed by atoms with Crippen LogP contribution in [0.4, 0.5) is 114 Å². The monoisotopic (exact) mass is 928 g/mol. The first-order valence-corrected chi connectivity index (χ1v) is 13.8. The van der Waals surface area contributed by atoms with Gasteiger partial charge in [0.05, 0.1) is 32.5 Å². The van der Waals surface area contributed by atoms with E-state index in [0.717, 1.165) is 0 Å². The van der Waals surface area contributed by atoms with Gasteiger partial charge in [-0.2, -0.15) is 114 Å². The molecule has 0 aromatic carbocycles. The summed E-state index contributed by atoms with van der Waals surface area (Å²) in [6.45, 7) is -5.37. The number of halogens is 26. The number of hydrogen-bond donors (Lipinski definition) is 0. The molecule has 0 bridgehead atoms. The van der Waals surface area contributed by atoms with Crippen molar-refractivity contribution in [1.29, 1.82) is 0 Å². The number of alkyl halides is 26. The zero-order valence-electron chi connectivity index (χ0n) is 25.2. The van der Waals surface area contributed by atoms with Crippen molar-refractivity contribution >= 4 is 22.1 Å².